The van der Waals surface area contributed by atoms with Gasteiger partial charge in [-0.1, -0.05) is 35.9 Å². The molecular formula is C18H19ClN2O3. The van der Waals surface area contributed by atoms with Crippen molar-refractivity contribution in [1.82, 2.24) is 10.6 Å². The molecule has 24 heavy (non-hydrogen) atoms. The van der Waals surface area contributed by atoms with Crippen LogP contribution in [-0.4, -0.2) is 25.5 Å². The lowest BCUT2D eigenvalue weighted by molar-refractivity contribution is -0.139. The van der Waals surface area contributed by atoms with Crippen LogP contribution in [0.2, 0.25) is 5.02 Å². The zero-order valence-corrected chi connectivity index (χ0v) is 14.1. The summed E-state index contributed by atoms with van der Waals surface area (Å²) >= 11 is 5.81. The summed E-state index contributed by atoms with van der Waals surface area (Å²) in [5.41, 5.74) is 1.93. The Morgan fingerprint density at radius 2 is 1.50 bits per heavy atom. The van der Waals surface area contributed by atoms with Crippen LogP contribution in [0.1, 0.15) is 11.1 Å². The fourth-order valence-electron chi connectivity index (χ4n) is 2.06. The number of hydrogen-bond acceptors (Lipinski definition) is 3. The van der Waals surface area contributed by atoms with Crippen molar-refractivity contribution in [3.8, 4) is 5.75 Å². The lowest BCUT2D eigenvalue weighted by Gasteiger charge is -2.07. The molecule has 0 atom stereocenters. The quantitative estimate of drug-likeness (QED) is 0.789. The first-order valence-corrected chi connectivity index (χ1v) is 7.89. The van der Waals surface area contributed by atoms with Gasteiger partial charge in [-0.25, -0.2) is 0 Å². The highest BCUT2D eigenvalue weighted by atomic mass is 35.5. The smallest absolute Gasteiger partial charge is 0.309 e. The number of carbonyl (C=O) groups is 2. The average molecular weight is 347 g/mol. The Morgan fingerprint density at radius 1 is 0.917 bits per heavy atom. The van der Waals surface area contributed by atoms with Gasteiger partial charge in [0.25, 0.3) is 0 Å². The molecule has 0 aliphatic carbocycles. The molecule has 0 fully saturated rings. The standard InChI is InChI=1S/C18H19ClN2O3/c1-24-16-8-4-14(5-9-16)12-21-18(23)17(22)20-11-10-13-2-6-15(19)7-3-13/h2-9H,10-12H2,1H3,(H,20,22)(H,21,23). The van der Waals surface area contributed by atoms with Crippen LogP contribution in [0.25, 0.3) is 0 Å². The van der Waals surface area contributed by atoms with E-state index in [-0.39, 0.29) is 6.54 Å². The van der Waals surface area contributed by atoms with E-state index in [1.807, 2.05) is 24.3 Å². The van der Waals surface area contributed by atoms with Crippen molar-refractivity contribution in [1.29, 1.82) is 0 Å². The molecule has 0 spiro atoms. The van der Waals surface area contributed by atoms with E-state index in [9.17, 15) is 9.59 Å². The third-order valence-electron chi connectivity index (χ3n) is 3.43. The van der Waals surface area contributed by atoms with E-state index in [2.05, 4.69) is 10.6 Å². The van der Waals surface area contributed by atoms with E-state index >= 15 is 0 Å². The largest absolute Gasteiger partial charge is 0.497 e. The van der Waals surface area contributed by atoms with E-state index in [1.54, 1.807) is 31.4 Å². The summed E-state index contributed by atoms with van der Waals surface area (Å²) < 4.78 is 5.06. The van der Waals surface area contributed by atoms with Gasteiger partial charge >= 0.3 is 11.8 Å². The molecule has 0 bridgehead atoms. The molecule has 2 aromatic rings. The zero-order chi connectivity index (χ0) is 17.4. The normalized spacial score (nSPS) is 10.1. The van der Waals surface area contributed by atoms with Crippen LogP contribution in [-0.2, 0) is 22.6 Å². The van der Waals surface area contributed by atoms with Crippen molar-refractivity contribution in [2.24, 2.45) is 0 Å². The summed E-state index contributed by atoms with van der Waals surface area (Å²) in [5, 5.41) is 5.85. The highest BCUT2D eigenvalue weighted by Crippen LogP contribution is 2.11. The van der Waals surface area contributed by atoms with Crippen LogP contribution >= 0.6 is 11.6 Å². The molecule has 0 radical (unpaired) electrons. The van der Waals surface area contributed by atoms with Gasteiger partial charge in [0.1, 0.15) is 5.75 Å². The molecule has 2 aromatic carbocycles. The second kappa shape index (κ2) is 8.93. The number of benzene rings is 2. The summed E-state index contributed by atoms with van der Waals surface area (Å²) in [4.78, 5) is 23.5. The minimum absolute atomic E-state index is 0.285. The Hall–Kier alpha value is -2.53. The van der Waals surface area contributed by atoms with Gasteiger partial charge in [0, 0.05) is 18.1 Å². The third-order valence-corrected chi connectivity index (χ3v) is 3.68. The SMILES string of the molecule is COc1ccc(CNC(=O)C(=O)NCCc2ccc(Cl)cc2)cc1. The van der Waals surface area contributed by atoms with Crippen molar-refractivity contribution in [3.05, 3.63) is 64.7 Å². The van der Waals surface area contributed by atoms with Crippen LogP contribution in [0.15, 0.2) is 48.5 Å². The van der Waals surface area contributed by atoms with Gasteiger partial charge in [-0.15, -0.1) is 0 Å². The van der Waals surface area contributed by atoms with Gasteiger partial charge in [-0.2, -0.15) is 0 Å². The van der Waals surface area contributed by atoms with Gasteiger partial charge in [-0.05, 0) is 41.8 Å². The van der Waals surface area contributed by atoms with Crippen molar-refractivity contribution in [2.45, 2.75) is 13.0 Å². The maximum atomic E-state index is 11.8. The number of methoxy groups -OCH3 is 1. The van der Waals surface area contributed by atoms with E-state index < -0.39 is 11.8 Å². The van der Waals surface area contributed by atoms with Gasteiger partial charge < -0.3 is 15.4 Å². The Labute approximate surface area is 146 Å². The number of ether oxygens (including phenoxy) is 1. The first-order valence-electron chi connectivity index (χ1n) is 7.52. The number of amides is 2. The lowest BCUT2D eigenvalue weighted by Crippen LogP contribution is -2.40. The molecule has 2 rings (SSSR count). The van der Waals surface area contributed by atoms with E-state index in [0.29, 0.717) is 18.0 Å². The Kier molecular flexibility index (Phi) is 6.63. The molecular weight excluding hydrogens is 328 g/mol. The molecule has 0 aliphatic heterocycles. The Bertz CT molecular complexity index is 684. The van der Waals surface area contributed by atoms with Crippen molar-refractivity contribution >= 4 is 23.4 Å². The van der Waals surface area contributed by atoms with Crippen molar-refractivity contribution in [2.75, 3.05) is 13.7 Å². The first kappa shape index (κ1) is 17.8. The zero-order valence-electron chi connectivity index (χ0n) is 13.3. The number of rotatable bonds is 6. The number of carbonyl (C=O) groups excluding carboxylic acids is 2. The van der Waals surface area contributed by atoms with Crippen molar-refractivity contribution in [3.63, 3.8) is 0 Å². The predicted molar refractivity (Wildman–Crippen MR) is 93.0 cm³/mol. The molecule has 2 N–H and O–H groups in total. The molecule has 0 aromatic heterocycles. The summed E-state index contributed by atoms with van der Waals surface area (Å²) in [6, 6.07) is 14.6. The maximum Gasteiger partial charge on any atom is 0.309 e. The Morgan fingerprint density at radius 3 is 2.12 bits per heavy atom. The molecule has 126 valence electrons. The molecule has 0 saturated carbocycles. The van der Waals surface area contributed by atoms with Gasteiger partial charge in [0.05, 0.1) is 7.11 Å². The molecule has 0 saturated heterocycles. The predicted octanol–water partition coefficient (Wildman–Crippen LogP) is 2.32. The average Bonchev–Trinajstić information content (AvgIpc) is 2.61. The topological polar surface area (TPSA) is 67.4 Å². The Balaban J connectivity index is 1.71. The monoisotopic (exact) mass is 346 g/mol. The van der Waals surface area contributed by atoms with E-state index in [1.165, 1.54) is 0 Å². The highest BCUT2D eigenvalue weighted by Gasteiger charge is 2.12. The van der Waals surface area contributed by atoms with Crippen LogP contribution in [0.4, 0.5) is 0 Å². The van der Waals surface area contributed by atoms with Gasteiger partial charge in [0.15, 0.2) is 0 Å². The third kappa shape index (κ3) is 5.59. The molecule has 2 amide bonds. The summed E-state index contributed by atoms with van der Waals surface area (Å²) in [5.74, 6) is -0.551. The van der Waals surface area contributed by atoms with E-state index in [4.69, 9.17) is 16.3 Å². The highest BCUT2D eigenvalue weighted by molar-refractivity contribution is 6.35. The fourth-order valence-corrected chi connectivity index (χ4v) is 2.18. The van der Waals surface area contributed by atoms with Crippen LogP contribution in [0.5, 0.6) is 5.75 Å². The van der Waals surface area contributed by atoms with Crippen molar-refractivity contribution < 1.29 is 14.3 Å². The minimum atomic E-state index is -0.651. The van der Waals surface area contributed by atoms with Gasteiger partial charge in [-0.3, -0.25) is 9.59 Å². The minimum Gasteiger partial charge on any atom is -0.497 e. The number of nitrogens with one attached hydrogen (secondary N) is 2. The second-order valence-electron chi connectivity index (χ2n) is 5.16. The molecule has 5 nitrogen and oxygen atoms in total. The van der Waals surface area contributed by atoms with Gasteiger partial charge in [0.2, 0.25) is 0 Å². The second-order valence-corrected chi connectivity index (χ2v) is 5.60. The van der Waals surface area contributed by atoms with E-state index in [0.717, 1.165) is 16.9 Å². The summed E-state index contributed by atoms with van der Waals surface area (Å²) in [6.45, 7) is 0.670. The lowest BCUT2D eigenvalue weighted by atomic mass is 10.1. The maximum absolute atomic E-state index is 11.8. The molecule has 0 unspecified atom stereocenters. The van der Waals surface area contributed by atoms with Crippen LogP contribution < -0.4 is 15.4 Å². The van der Waals surface area contributed by atoms with Crippen LogP contribution in [0, 0.1) is 0 Å². The molecule has 0 heterocycles. The number of halogens is 1. The fraction of sp³-hybridized carbons (Fsp3) is 0.222. The molecule has 6 heteroatoms. The molecule has 0 aliphatic rings. The van der Waals surface area contributed by atoms with Crippen LogP contribution in [0.3, 0.4) is 0 Å². The summed E-state index contributed by atoms with van der Waals surface area (Å²) in [6.07, 6.45) is 0.634. The number of hydrogen-bond donors (Lipinski definition) is 2. The summed E-state index contributed by atoms with van der Waals surface area (Å²) in [7, 11) is 1.59. The first-order chi connectivity index (χ1) is 11.6.